The highest BCUT2D eigenvalue weighted by Gasteiger charge is 2.30. The number of alkyl halides is 3. The van der Waals surface area contributed by atoms with Crippen LogP contribution in [0.3, 0.4) is 0 Å². The van der Waals surface area contributed by atoms with Gasteiger partial charge in [-0.15, -0.1) is 0 Å². The van der Waals surface area contributed by atoms with E-state index in [0.29, 0.717) is 19.1 Å². The lowest BCUT2D eigenvalue weighted by Gasteiger charge is -2.37. The van der Waals surface area contributed by atoms with Crippen molar-refractivity contribution in [1.82, 2.24) is 20.0 Å². The molecule has 0 radical (unpaired) electrons. The molecule has 1 aliphatic rings. The summed E-state index contributed by atoms with van der Waals surface area (Å²) in [5, 5.41) is 3.28. The van der Waals surface area contributed by atoms with Crippen LogP contribution in [-0.4, -0.2) is 79.6 Å². The van der Waals surface area contributed by atoms with Crippen LogP contribution in [0.5, 0.6) is 0 Å². The molecule has 8 heteroatoms. The molecule has 0 bridgehead atoms. The summed E-state index contributed by atoms with van der Waals surface area (Å²) >= 11 is 0. The number of rotatable bonds is 7. The molecule has 1 aliphatic heterocycles. The second kappa shape index (κ2) is 10.8. The molecule has 5 nitrogen and oxygen atoms in total. The van der Waals surface area contributed by atoms with E-state index in [-0.39, 0.29) is 0 Å². The molecule has 1 aromatic carbocycles. The third-order valence-electron chi connectivity index (χ3n) is 5.38. The van der Waals surface area contributed by atoms with Gasteiger partial charge in [0.2, 0.25) is 0 Å². The quantitative estimate of drug-likeness (QED) is 0.550. The molecule has 0 spiro atoms. The van der Waals surface area contributed by atoms with E-state index >= 15 is 0 Å². The van der Waals surface area contributed by atoms with Crippen LogP contribution in [0.15, 0.2) is 29.3 Å². The topological polar surface area (TPSA) is 34.1 Å². The van der Waals surface area contributed by atoms with Crippen molar-refractivity contribution >= 4 is 5.96 Å². The molecular weight excluding hydrogens is 379 g/mol. The predicted molar refractivity (Wildman–Crippen MR) is 112 cm³/mol. The van der Waals surface area contributed by atoms with E-state index in [1.54, 1.807) is 0 Å². The summed E-state index contributed by atoms with van der Waals surface area (Å²) in [6.07, 6.45) is -4.31. The van der Waals surface area contributed by atoms with Gasteiger partial charge in [0.1, 0.15) is 0 Å². The zero-order valence-corrected chi connectivity index (χ0v) is 18.0. The zero-order valence-electron chi connectivity index (χ0n) is 18.0. The first-order valence-corrected chi connectivity index (χ1v) is 10.4. The first-order chi connectivity index (χ1) is 13.7. The van der Waals surface area contributed by atoms with Gasteiger partial charge in [-0.3, -0.25) is 9.89 Å². The molecule has 0 amide bonds. The molecule has 0 aliphatic carbocycles. The number of halogens is 3. The Hall–Kier alpha value is -1.80. The monoisotopic (exact) mass is 413 g/mol. The van der Waals surface area contributed by atoms with Crippen LogP contribution in [0.25, 0.3) is 0 Å². The third kappa shape index (κ3) is 7.19. The zero-order chi connectivity index (χ0) is 21.4. The fourth-order valence-electron chi connectivity index (χ4n) is 3.47. The molecule has 0 saturated carbocycles. The van der Waals surface area contributed by atoms with E-state index in [2.05, 4.69) is 29.0 Å². The Morgan fingerprint density at radius 3 is 2.28 bits per heavy atom. The Morgan fingerprint density at radius 1 is 1.14 bits per heavy atom. The number of hydrogen-bond acceptors (Lipinski definition) is 3. The minimum atomic E-state index is -4.31. The average Bonchev–Trinajstić information content (AvgIpc) is 2.70. The average molecular weight is 414 g/mol. The number of likely N-dealkylation sites (N-methyl/N-ethyl adjacent to an activating group) is 1. The normalized spacial score (nSPS) is 18.0. The molecule has 1 N–H and O–H groups in total. The lowest BCUT2D eigenvalue weighted by Crippen LogP contribution is -2.50. The number of benzene rings is 1. The molecule has 0 aromatic heterocycles. The Balaban J connectivity index is 1.94. The van der Waals surface area contributed by atoms with E-state index in [0.717, 1.165) is 62.9 Å². The molecule has 1 fully saturated rings. The van der Waals surface area contributed by atoms with Crippen LogP contribution in [0.4, 0.5) is 13.2 Å². The van der Waals surface area contributed by atoms with Gasteiger partial charge in [-0.2, -0.15) is 13.2 Å². The van der Waals surface area contributed by atoms with Crippen LogP contribution in [0, 0.1) is 0 Å². The number of guanidine groups is 1. The summed E-state index contributed by atoms with van der Waals surface area (Å²) in [6.45, 7) is 13.7. The van der Waals surface area contributed by atoms with Gasteiger partial charge in [-0.05, 0) is 38.1 Å². The molecule has 1 saturated heterocycles. The summed E-state index contributed by atoms with van der Waals surface area (Å²) < 4.78 is 38.2. The van der Waals surface area contributed by atoms with E-state index in [1.807, 2.05) is 18.9 Å². The van der Waals surface area contributed by atoms with Crippen molar-refractivity contribution in [3.8, 4) is 0 Å². The first-order valence-electron chi connectivity index (χ1n) is 10.4. The summed E-state index contributed by atoms with van der Waals surface area (Å²) in [5.74, 6) is 0.770. The first kappa shape index (κ1) is 23.5. The van der Waals surface area contributed by atoms with Gasteiger partial charge in [0.15, 0.2) is 5.96 Å². The SMILES string of the molecule is CCNC(=NCC(C)N1CCN(CC)CC1)N(C)Cc1ccc(C(F)(F)F)cc1. The fraction of sp³-hybridized carbons (Fsp3) is 0.667. The largest absolute Gasteiger partial charge is 0.416 e. The van der Waals surface area contributed by atoms with Crippen molar-refractivity contribution in [2.45, 2.75) is 39.5 Å². The van der Waals surface area contributed by atoms with E-state index in [4.69, 9.17) is 4.99 Å². The molecular formula is C21H34F3N5. The number of piperazine rings is 1. The van der Waals surface area contributed by atoms with Gasteiger partial charge >= 0.3 is 6.18 Å². The minimum Gasteiger partial charge on any atom is -0.357 e. The van der Waals surface area contributed by atoms with Gasteiger partial charge in [-0.1, -0.05) is 19.1 Å². The van der Waals surface area contributed by atoms with Crippen molar-refractivity contribution in [3.05, 3.63) is 35.4 Å². The van der Waals surface area contributed by atoms with Gasteiger partial charge in [0.25, 0.3) is 0 Å². The maximum Gasteiger partial charge on any atom is 0.416 e. The Kier molecular flexibility index (Phi) is 8.77. The van der Waals surface area contributed by atoms with Crippen LogP contribution < -0.4 is 5.32 Å². The molecule has 1 heterocycles. The summed E-state index contributed by atoms with van der Waals surface area (Å²) in [6, 6.07) is 5.66. The lowest BCUT2D eigenvalue weighted by atomic mass is 10.1. The number of nitrogens with zero attached hydrogens (tertiary/aromatic N) is 4. The predicted octanol–water partition coefficient (Wildman–Crippen LogP) is 3.13. The highest BCUT2D eigenvalue weighted by Crippen LogP contribution is 2.29. The molecule has 164 valence electrons. The molecule has 2 rings (SSSR count). The van der Waals surface area contributed by atoms with Crippen molar-refractivity contribution in [2.75, 3.05) is 52.9 Å². The second-order valence-electron chi connectivity index (χ2n) is 7.56. The summed E-state index contributed by atoms with van der Waals surface area (Å²) in [5.41, 5.74) is 0.191. The standard InChI is InChI=1S/C21H34F3N5/c1-5-25-20(26-15-17(3)29-13-11-28(6-2)12-14-29)27(4)16-18-7-9-19(10-8-18)21(22,23)24/h7-10,17H,5-6,11-16H2,1-4H3,(H,25,26). The van der Waals surface area contributed by atoms with Gasteiger partial charge < -0.3 is 15.1 Å². The van der Waals surface area contributed by atoms with E-state index < -0.39 is 11.7 Å². The van der Waals surface area contributed by atoms with Crippen molar-refractivity contribution in [2.24, 2.45) is 4.99 Å². The Morgan fingerprint density at radius 2 is 1.76 bits per heavy atom. The smallest absolute Gasteiger partial charge is 0.357 e. The summed E-state index contributed by atoms with van der Waals surface area (Å²) in [7, 11) is 1.91. The highest BCUT2D eigenvalue weighted by atomic mass is 19.4. The lowest BCUT2D eigenvalue weighted by molar-refractivity contribution is -0.137. The van der Waals surface area contributed by atoms with Crippen molar-refractivity contribution in [3.63, 3.8) is 0 Å². The van der Waals surface area contributed by atoms with E-state index in [9.17, 15) is 13.2 Å². The van der Waals surface area contributed by atoms with Gasteiger partial charge in [0, 0.05) is 52.4 Å². The third-order valence-corrected chi connectivity index (χ3v) is 5.38. The van der Waals surface area contributed by atoms with Gasteiger partial charge in [0.05, 0.1) is 12.1 Å². The molecule has 1 unspecified atom stereocenters. The molecule has 29 heavy (non-hydrogen) atoms. The van der Waals surface area contributed by atoms with Crippen LogP contribution in [0.2, 0.25) is 0 Å². The van der Waals surface area contributed by atoms with E-state index in [1.165, 1.54) is 12.1 Å². The summed E-state index contributed by atoms with van der Waals surface area (Å²) in [4.78, 5) is 11.6. The number of aliphatic imine (C=N–C) groups is 1. The minimum absolute atomic E-state index is 0.349. The fourth-order valence-corrected chi connectivity index (χ4v) is 3.47. The molecule has 1 atom stereocenters. The van der Waals surface area contributed by atoms with Crippen LogP contribution in [-0.2, 0) is 12.7 Å². The molecule has 1 aromatic rings. The van der Waals surface area contributed by atoms with Gasteiger partial charge in [-0.25, -0.2) is 0 Å². The second-order valence-corrected chi connectivity index (χ2v) is 7.56. The number of hydrogen-bond donors (Lipinski definition) is 1. The number of nitrogens with one attached hydrogen (secondary N) is 1. The van der Waals surface area contributed by atoms with Crippen LogP contribution in [0.1, 0.15) is 31.9 Å². The maximum atomic E-state index is 12.7. The Bertz CT molecular complexity index is 637. The highest BCUT2D eigenvalue weighted by molar-refractivity contribution is 5.79. The Labute approximate surface area is 172 Å². The van der Waals surface area contributed by atoms with Crippen molar-refractivity contribution < 1.29 is 13.2 Å². The van der Waals surface area contributed by atoms with Crippen molar-refractivity contribution in [1.29, 1.82) is 0 Å². The van der Waals surface area contributed by atoms with Crippen LogP contribution >= 0.6 is 0 Å². The maximum absolute atomic E-state index is 12.7.